The Morgan fingerprint density at radius 2 is 2.10 bits per heavy atom. The van der Waals surface area contributed by atoms with Crippen molar-refractivity contribution in [2.75, 3.05) is 5.75 Å². The van der Waals surface area contributed by atoms with Crippen LogP contribution in [0.25, 0.3) is 0 Å². The molecule has 0 radical (unpaired) electrons. The smallest absolute Gasteiger partial charge is 0.323 e. The number of benzene rings is 1. The topological polar surface area (TPSA) is 49.3 Å². The minimum absolute atomic E-state index is 0.410. The third kappa shape index (κ3) is 5.53. The largest absolute Gasteiger partial charge is 0.480 e. The zero-order valence-corrected chi connectivity index (χ0v) is 13.8. The molecule has 2 rings (SSSR count). The average Bonchev–Trinajstić information content (AvgIpc) is 3.24. The van der Waals surface area contributed by atoms with Crippen molar-refractivity contribution in [3.05, 3.63) is 34.9 Å². The van der Waals surface area contributed by atoms with Gasteiger partial charge in [-0.3, -0.25) is 10.1 Å². The van der Waals surface area contributed by atoms with E-state index in [9.17, 15) is 9.90 Å². The van der Waals surface area contributed by atoms with Gasteiger partial charge < -0.3 is 5.11 Å². The standard InChI is InChI=1S/C16H22ClNO2S/c1-16(15(19)20,18-14-7-8-14)9-2-10-21-11-12-3-5-13(17)6-4-12/h3-6,14,18H,2,7-11H2,1H3,(H,19,20). The first kappa shape index (κ1) is 16.7. The highest BCUT2D eigenvalue weighted by Crippen LogP contribution is 2.26. The molecule has 0 aromatic heterocycles. The lowest BCUT2D eigenvalue weighted by Crippen LogP contribution is -2.50. The average molecular weight is 328 g/mol. The molecule has 1 aromatic carbocycles. The van der Waals surface area contributed by atoms with Gasteiger partial charge in [0.15, 0.2) is 0 Å². The Bertz CT molecular complexity index is 476. The molecule has 1 aromatic rings. The SMILES string of the molecule is CC(CCCSCc1ccc(Cl)cc1)(NC1CC1)C(=O)O. The van der Waals surface area contributed by atoms with E-state index in [2.05, 4.69) is 5.32 Å². The Kier molecular flexibility index (Phi) is 5.97. The first-order valence-corrected chi connectivity index (χ1v) is 8.86. The molecule has 116 valence electrons. The molecule has 1 aliphatic rings. The molecule has 0 saturated heterocycles. The van der Waals surface area contributed by atoms with E-state index in [1.165, 1.54) is 5.56 Å². The number of hydrogen-bond donors (Lipinski definition) is 2. The lowest BCUT2D eigenvalue weighted by Gasteiger charge is -2.26. The Morgan fingerprint density at radius 3 is 2.67 bits per heavy atom. The zero-order chi connectivity index (χ0) is 15.3. The number of aliphatic carboxylic acids is 1. The summed E-state index contributed by atoms with van der Waals surface area (Å²) in [4.78, 5) is 11.4. The number of nitrogens with one attached hydrogen (secondary N) is 1. The minimum atomic E-state index is -0.776. The highest BCUT2D eigenvalue weighted by molar-refractivity contribution is 7.98. The molecule has 2 N–H and O–H groups in total. The second-order valence-corrected chi connectivity index (χ2v) is 7.38. The molecular formula is C16H22ClNO2S. The minimum Gasteiger partial charge on any atom is -0.480 e. The van der Waals surface area contributed by atoms with Crippen molar-refractivity contribution in [3.8, 4) is 0 Å². The second kappa shape index (κ2) is 7.52. The zero-order valence-electron chi connectivity index (χ0n) is 12.3. The van der Waals surface area contributed by atoms with Gasteiger partial charge in [-0.15, -0.1) is 0 Å². The first-order valence-electron chi connectivity index (χ1n) is 7.33. The molecule has 0 bridgehead atoms. The van der Waals surface area contributed by atoms with Crippen molar-refractivity contribution in [2.45, 2.75) is 49.9 Å². The highest BCUT2D eigenvalue weighted by Gasteiger charge is 2.37. The molecule has 1 aliphatic carbocycles. The van der Waals surface area contributed by atoms with Crippen LogP contribution in [0.3, 0.4) is 0 Å². The number of hydrogen-bond acceptors (Lipinski definition) is 3. The maximum absolute atomic E-state index is 11.4. The van der Waals surface area contributed by atoms with Gasteiger partial charge in [0.1, 0.15) is 5.54 Å². The van der Waals surface area contributed by atoms with Gasteiger partial charge >= 0.3 is 5.97 Å². The van der Waals surface area contributed by atoms with Crippen LogP contribution >= 0.6 is 23.4 Å². The quantitative estimate of drug-likeness (QED) is 0.674. The van der Waals surface area contributed by atoms with Crippen LogP contribution in [0.4, 0.5) is 0 Å². The highest BCUT2D eigenvalue weighted by atomic mass is 35.5. The summed E-state index contributed by atoms with van der Waals surface area (Å²) < 4.78 is 0. The molecule has 3 nitrogen and oxygen atoms in total. The van der Waals surface area contributed by atoms with Crippen LogP contribution in [0.15, 0.2) is 24.3 Å². The number of carboxylic acid groups (broad SMARTS) is 1. The van der Waals surface area contributed by atoms with Crippen molar-refractivity contribution in [1.82, 2.24) is 5.32 Å². The van der Waals surface area contributed by atoms with E-state index in [0.29, 0.717) is 12.5 Å². The number of halogens is 1. The van der Waals surface area contributed by atoms with Crippen molar-refractivity contribution >= 4 is 29.3 Å². The summed E-state index contributed by atoms with van der Waals surface area (Å²) in [7, 11) is 0. The van der Waals surface area contributed by atoms with E-state index >= 15 is 0 Å². The van der Waals surface area contributed by atoms with Crippen LogP contribution in [0, 0.1) is 0 Å². The van der Waals surface area contributed by atoms with E-state index in [-0.39, 0.29) is 0 Å². The van der Waals surface area contributed by atoms with Crippen LogP contribution in [0.1, 0.15) is 38.2 Å². The maximum Gasteiger partial charge on any atom is 0.323 e. The van der Waals surface area contributed by atoms with E-state index < -0.39 is 11.5 Å². The molecule has 1 atom stereocenters. The Balaban J connectivity index is 1.67. The molecule has 0 heterocycles. The summed E-state index contributed by atoms with van der Waals surface area (Å²) in [5.41, 5.74) is 0.476. The molecule has 21 heavy (non-hydrogen) atoms. The van der Waals surface area contributed by atoms with Crippen LogP contribution in [-0.2, 0) is 10.5 Å². The Labute approximate surface area is 135 Å². The van der Waals surface area contributed by atoms with E-state index in [1.807, 2.05) is 36.0 Å². The van der Waals surface area contributed by atoms with Gasteiger partial charge in [-0.1, -0.05) is 23.7 Å². The van der Waals surface area contributed by atoms with Crippen LogP contribution in [-0.4, -0.2) is 28.4 Å². The number of carboxylic acids is 1. The van der Waals surface area contributed by atoms with Gasteiger partial charge in [0.2, 0.25) is 0 Å². The molecule has 0 aliphatic heterocycles. The van der Waals surface area contributed by atoms with Crippen molar-refractivity contribution < 1.29 is 9.90 Å². The number of rotatable bonds is 9. The van der Waals surface area contributed by atoms with Crippen LogP contribution in [0.2, 0.25) is 5.02 Å². The lowest BCUT2D eigenvalue weighted by atomic mass is 9.96. The summed E-state index contributed by atoms with van der Waals surface area (Å²) in [6.07, 6.45) is 3.79. The summed E-state index contributed by atoms with van der Waals surface area (Å²) in [6, 6.07) is 8.28. The van der Waals surface area contributed by atoms with Gasteiger partial charge in [0.05, 0.1) is 0 Å². The van der Waals surface area contributed by atoms with Crippen LogP contribution < -0.4 is 5.32 Å². The fraction of sp³-hybridized carbons (Fsp3) is 0.562. The second-order valence-electron chi connectivity index (χ2n) is 5.84. The van der Waals surface area contributed by atoms with E-state index in [0.717, 1.165) is 35.8 Å². The van der Waals surface area contributed by atoms with Crippen LogP contribution in [0.5, 0.6) is 0 Å². The molecule has 0 spiro atoms. The maximum atomic E-state index is 11.4. The van der Waals surface area contributed by atoms with Crippen molar-refractivity contribution in [3.63, 3.8) is 0 Å². The third-order valence-electron chi connectivity index (χ3n) is 3.72. The van der Waals surface area contributed by atoms with E-state index in [1.54, 1.807) is 6.92 Å². The lowest BCUT2D eigenvalue weighted by molar-refractivity contribution is -0.144. The summed E-state index contributed by atoms with van der Waals surface area (Å²) >= 11 is 7.69. The Morgan fingerprint density at radius 1 is 1.43 bits per heavy atom. The molecule has 1 fully saturated rings. The van der Waals surface area contributed by atoms with Crippen molar-refractivity contribution in [2.24, 2.45) is 0 Å². The molecule has 1 unspecified atom stereocenters. The van der Waals surface area contributed by atoms with Gasteiger partial charge in [-0.05, 0) is 56.1 Å². The monoisotopic (exact) mass is 327 g/mol. The molecule has 1 saturated carbocycles. The van der Waals surface area contributed by atoms with Gasteiger partial charge in [-0.2, -0.15) is 11.8 Å². The molecular weight excluding hydrogens is 306 g/mol. The first-order chi connectivity index (χ1) is 9.99. The predicted molar refractivity (Wildman–Crippen MR) is 89.0 cm³/mol. The fourth-order valence-electron chi connectivity index (χ4n) is 2.22. The predicted octanol–water partition coefficient (Wildman–Crippen LogP) is 3.95. The van der Waals surface area contributed by atoms with Crippen molar-refractivity contribution in [1.29, 1.82) is 0 Å². The summed E-state index contributed by atoms with van der Waals surface area (Å²) in [6.45, 7) is 1.80. The normalized spacial score (nSPS) is 17.4. The molecule has 0 amide bonds. The van der Waals surface area contributed by atoms with E-state index in [4.69, 9.17) is 11.6 Å². The fourth-order valence-corrected chi connectivity index (χ4v) is 3.26. The van der Waals surface area contributed by atoms with Gasteiger partial charge in [0, 0.05) is 16.8 Å². The number of carbonyl (C=O) groups is 1. The van der Waals surface area contributed by atoms with Gasteiger partial charge in [0.25, 0.3) is 0 Å². The molecule has 5 heteroatoms. The number of thioether (sulfide) groups is 1. The Hall–Kier alpha value is -0.710. The third-order valence-corrected chi connectivity index (χ3v) is 5.09. The summed E-state index contributed by atoms with van der Waals surface area (Å²) in [5.74, 6) is 1.17. The summed E-state index contributed by atoms with van der Waals surface area (Å²) in [5, 5.41) is 13.4. The van der Waals surface area contributed by atoms with Gasteiger partial charge in [-0.25, -0.2) is 0 Å².